The molecule has 2 bridgehead atoms. The lowest BCUT2D eigenvalue weighted by molar-refractivity contribution is -0.202. The average molecular weight is 653 g/mol. The molecule has 0 amide bonds. The molecule has 13 heteroatoms. The van der Waals surface area contributed by atoms with Crippen molar-refractivity contribution in [2.45, 2.75) is 29.6 Å². The number of aliphatic hydroxyl groups excluding tert-OH is 1. The molecule has 0 aliphatic carbocycles. The highest BCUT2D eigenvalue weighted by molar-refractivity contribution is 5.71. The fourth-order valence-electron chi connectivity index (χ4n) is 6.38. The number of aromatic nitrogens is 4. The highest BCUT2D eigenvalue weighted by Crippen LogP contribution is 2.48. The first kappa shape index (κ1) is 31.5. The third-order valence-corrected chi connectivity index (χ3v) is 8.82. The summed E-state index contributed by atoms with van der Waals surface area (Å²) in [7, 11) is 6.86. The minimum absolute atomic E-state index is 0.0485. The predicted octanol–water partition coefficient (Wildman–Crippen LogP) is 3.39. The summed E-state index contributed by atoms with van der Waals surface area (Å²) in [6, 6.07) is 25.3. The number of aromatic amines is 1. The molecule has 2 N–H and O–H groups in total. The van der Waals surface area contributed by atoms with Gasteiger partial charge in [0.1, 0.15) is 34.9 Å². The maximum Gasteiger partial charge on any atom is 0.280 e. The van der Waals surface area contributed by atoms with Gasteiger partial charge in [0.05, 0.1) is 40.1 Å². The van der Waals surface area contributed by atoms with Crippen LogP contribution in [0.25, 0.3) is 11.2 Å². The monoisotopic (exact) mass is 652 g/mol. The van der Waals surface area contributed by atoms with Gasteiger partial charge in [-0.25, -0.2) is 9.98 Å². The molecule has 13 nitrogen and oxygen atoms in total. The molecule has 2 fully saturated rings. The summed E-state index contributed by atoms with van der Waals surface area (Å²) in [5.74, 6) is 1.51. The topological polar surface area (TPSA) is 146 Å². The Kier molecular flexibility index (Phi) is 8.21. The normalized spacial score (nSPS) is 22.1. The predicted molar refractivity (Wildman–Crippen MR) is 177 cm³/mol. The summed E-state index contributed by atoms with van der Waals surface area (Å²) < 4.78 is 32.4. The number of hydrogen-bond donors (Lipinski definition) is 2. The van der Waals surface area contributed by atoms with E-state index in [0.717, 1.165) is 16.7 Å². The number of methoxy groups -OCH3 is 2. The highest BCUT2D eigenvalue weighted by atomic mass is 16.7. The van der Waals surface area contributed by atoms with Gasteiger partial charge >= 0.3 is 0 Å². The fourth-order valence-corrected chi connectivity index (χ4v) is 6.38. The molecular weight excluding hydrogens is 616 g/mol. The van der Waals surface area contributed by atoms with Crippen molar-refractivity contribution in [1.82, 2.24) is 24.4 Å². The number of aliphatic imine (C=N–C) groups is 1. The van der Waals surface area contributed by atoms with Gasteiger partial charge in [0.15, 0.2) is 17.4 Å². The van der Waals surface area contributed by atoms with E-state index in [4.69, 9.17) is 23.7 Å². The van der Waals surface area contributed by atoms with Crippen LogP contribution in [0, 0.1) is 0 Å². The SMILES string of the molecule is COc1ccc(C(OC[C@@]23COC(C(n4cnc5c(=O)[nH]c(N=CN(C)C)nc54)O2)C3O)(c2ccccc2)c2ccc(OC)cc2)cc1. The van der Waals surface area contributed by atoms with E-state index in [1.54, 1.807) is 23.7 Å². The zero-order valence-corrected chi connectivity index (χ0v) is 26.9. The number of aliphatic hydroxyl groups is 1. The van der Waals surface area contributed by atoms with Gasteiger partial charge < -0.3 is 33.7 Å². The van der Waals surface area contributed by atoms with E-state index in [1.807, 2.05) is 93.0 Å². The second-order valence-corrected chi connectivity index (χ2v) is 12.0. The zero-order valence-electron chi connectivity index (χ0n) is 26.9. The Balaban J connectivity index is 1.28. The molecule has 2 aliphatic heterocycles. The quantitative estimate of drug-likeness (QED) is 0.124. The van der Waals surface area contributed by atoms with Crippen LogP contribution in [0.15, 0.2) is 95.0 Å². The van der Waals surface area contributed by atoms with Gasteiger partial charge in [-0.2, -0.15) is 4.98 Å². The summed E-state index contributed by atoms with van der Waals surface area (Å²) >= 11 is 0. The van der Waals surface area contributed by atoms with Crippen LogP contribution in [0.3, 0.4) is 0 Å². The van der Waals surface area contributed by atoms with Crippen LogP contribution in [-0.2, 0) is 19.8 Å². The fraction of sp³-hybridized carbons (Fsp3) is 0.314. The molecule has 2 saturated heterocycles. The van der Waals surface area contributed by atoms with Gasteiger partial charge in [-0.15, -0.1) is 0 Å². The molecule has 4 heterocycles. The Morgan fingerprint density at radius 3 is 2.25 bits per heavy atom. The summed E-state index contributed by atoms with van der Waals surface area (Å²) in [5.41, 5.74) is 0.0823. The zero-order chi connectivity index (χ0) is 33.5. The minimum Gasteiger partial charge on any atom is -0.497 e. The molecule has 3 aromatic carbocycles. The molecule has 0 radical (unpaired) electrons. The van der Waals surface area contributed by atoms with Gasteiger partial charge in [0.2, 0.25) is 5.95 Å². The van der Waals surface area contributed by atoms with Crippen molar-refractivity contribution in [2.24, 2.45) is 4.99 Å². The van der Waals surface area contributed by atoms with Crippen molar-refractivity contribution in [3.05, 3.63) is 112 Å². The van der Waals surface area contributed by atoms with Crippen molar-refractivity contribution in [3.63, 3.8) is 0 Å². The highest BCUT2D eigenvalue weighted by Gasteiger charge is 2.63. The van der Waals surface area contributed by atoms with E-state index in [2.05, 4.69) is 19.9 Å². The lowest BCUT2D eigenvalue weighted by Crippen LogP contribution is -2.48. The van der Waals surface area contributed by atoms with Gasteiger partial charge in [-0.3, -0.25) is 14.3 Å². The molecule has 0 saturated carbocycles. The van der Waals surface area contributed by atoms with Crippen LogP contribution in [0.4, 0.5) is 5.95 Å². The number of ether oxygens (including phenoxy) is 5. The smallest absolute Gasteiger partial charge is 0.280 e. The van der Waals surface area contributed by atoms with E-state index < -0.39 is 35.2 Å². The first-order valence-electron chi connectivity index (χ1n) is 15.4. The lowest BCUT2D eigenvalue weighted by Gasteiger charge is -2.39. The maximum atomic E-state index is 12.8. The van der Waals surface area contributed by atoms with Crippen molar-refractivity contribution < 1.29 is 28.8 Å². The Morgan fingerprint density at radius 2 is 1.65 bits per heavy atom. The number of fused-ring (bicyclic) bond motifs is 3. The Hall–Kier alpha value is -5.08. The van der Waals surface area contributed by atoms with E-state index in [-0.39, 0.29) is 30.3 Å². The molecule has 4 atom stereocenters. The minimum atomic E-state index is -1.25. The number of nitrogens with zero attached hydrogens (tertiary/aromatic N) is 5. The third-order valence-electron chi connectivity index (χ3n) is 8.82. The van der Waals surface area contributed by atoms with Crippen LogP contribution < -0.4 is 15.0 Å². The largest absolute Gasteiger partial charge is 0.497 e. The molecule has 0 spiro atoms. The van der Waals surface area contributed by atoms with Gasteiger partial charge in [0, 0.05) is 14.1 Å². The summed E-state index contributed by atoms with van der Waals surface area (Å²) in [5, 5.41) is 11.7. The van der Waals surface area contributed by atoms with E-state index >= 15 is 0 Å². The summed E-state index contributed by atoms with van der Waals surface area (Å²) in [6.45, 7) is 0.0393. The van der Waals surface area contributed by atoms with Gasteiger partial charge in [-0.05, 0) is 41.0 Å². The van der Waals surface area contributed by atoms with Crippen LogP contribution in [0.2, 0.25) is 0 Å². The van der Waals surface area contributed by atoms with Gasteiger partial charge in [-0.1, -0.05) is 54.6 Å². The average Bonchev–Trinajstić information content (AvgIpc) is 3.77. The third kappa shape index (κ3) is 5.30. The van der Waals surface area contributed by atoms with Crippen molar-refractivity contribution in [2.75, 3.05) is 41.5 Å². The Bertz CT molecular complexity index is 1930. The molecule has 7 rings (SSSR count). The maximum absolute atomic E-state index is 12.8. The molecular formula is C35H36N6O7. The van der Waals surface area contributed by atoms with Crippen molar-refractivity contribution in [1.29, 1.82) is 0 Å². The number of imidazole rings is 1. The van der Waals surface area contributed by atoms with Gasteiger partial charge in [0.25, 0.3) is 5.56 Å². The molecule has 2 aliphatic rings. The molecule has 2 aromatic heterocycles. The number of H-pyrrole nitrogens is 1. The number of hydrogen-bond acceptors (Lipinski definition) is 10. The first-order chi connectivity index (χ1) is 23.3. The number of benzene rings is 3. The Labute approximate surface area is 276 Å². The van der Waals surface area contributed by atoms with Crippen LogP contribution >= 0.6 is 0 Å². The standard InChI is InChI=1S/C35H36N6O7/c1-40(2)20-37-33-38-30-27(31(43)39-33)36-21-41(30)32-28-29(42)34(48-32,18-46-28)19-47-35(22-8-6-5-7-9-22,23-10-14-25(44-3)15-11-23)24-12-16-26(45-4)17-13-24/h5-17,20-21,28-29,32,42H,18-19H2,1-4H3,(H,38,39,43)/t28?,29?,32?,34-/m1/s1. The summed E-state index contributed by atoms with van der Waals surface area (Å²) in [6.07, 6.45) is 0.325. The molecule has 248 valence electrons. The molecule has 5 aromatic rings. The van der Waals surface area contributed by atoms with Crippen LogP contribution in [-0.4, -0.2) is 95.2 Å². The van der Waals surface area contributed by atoms with Crippen molar-refractivity contribution in [3.8, 4) is 11.5 Å². The Morgan fingerprint density at radius 1 is 1.02 bits per heavy atom. The lowest BCUT2D eigenvalue weighted by atomic mass is 9.79. The molecule has 48 heavy (non-hydrogen) atoms. The van der Waals surface area contributed by atoms with E-state index in [9.17, 15) is 9.90 Å². The van der Waals surface area contributed by atoms with E-state index in [0.29, 0.717) is 11.5 Å². The second-order valence-electron chi connectivity index (χ2n) is 12.0. The van der Waals surface area contributed by atoms with E-state index in [1.165, 1.54) is 12.7 Å². The second kappa shape index (κ2) is 12.5. The van der Waals surface area contributed by atoms with Crippen molar-refractivity contribution >= 4 is 23.5 Å². The number of rotatable bonds is 11. The van der Waals surface area contributed by atoms with Crippen LogP contribution in [0.1, 0.15) is 22.9 Å². The molecule has 3 unspecified atom stereocenters. The number of nitrogens with one attached hydrogen (secondary N) is 1. The van der Waals surface area contributed by atoms with Crippen LogP contribution in [0.5, 0.6) is 11.5 Å². The first-order valence-corrected chi connectivity index (χ1v) is 15.4. The summed E-state index contributed by atoms with van der Waals surface area (Å²) in [4.78, 5) is 30.3.